The Balaban J connectivity index is 1.42. The van der Waals surface area contributed by atoms with E-state index >= 15 is 0 Å². The largest absolute Gasteiger partial charge is 0.480 e. The summed E-state index contributed by atoms with van der Waals surface area (Å²) in [4.78, 5) is 30.8. The molecule has 1 aliphatic rings. The molecule has 1 amide bonds. The van der Waals surface area contributed by atoms with Gasteiger partial charge in [-0.1, -0.05) is 55.1 Å². The van der Waals surface area contributed by atoms with Crippen LogP contribution in [0.2, 0.25) is 0 Å². The summed E-state index contributed by atoms with van der Waals surface area (Å²) in [5, 5.41) is 19.2. The molecule has 0 saturated carbocycles. The zero-order chi connectivity index (χ0) is 25.1. The number of aryl methyl sites for hydroxylation is 1. The van der Waals surface area contributed by atoms with Gasteiger partial charge in [-0.15, -0.1) is 10.2 Å². The smallest absolute Gasteiger partial charge is 0.326 e. The van der Waals surface area contributed by atoms with Crippen molar-refractivity contribution in [3.05, 3.63) is 89.7 Å². The Kier molecular flexibility index (Phi) is 6.81. The fraction of sp³-hybridized carbons (Fsp3) is 0.222. The summed E-state index contributed by atoms with van der Waals surface area (Å²) in [6.45, 7) is 2.38. The Morgan fingerprint density at radius 2 is 1.72 bits per heavy atom. The van der Waals surface area contributed by atoms with Gasteiger partial charge >= 0.3 is 5.97 Å². The number of pyridine rings is 1. The van der Waals surface area contributed by atoms with Gasteiger partial charge in [-0.2, -0.15) is 0 Å². The van der Waals surface area contributed by atoms with Gasteiger partial charge in [0.05, 0.1) is 5.75 Å². The first-order valence-corrected chi connectivity index (χ1v) is 12.7. The number of carboxylic acids is 1. The molecule has 0 spiro atoms. The van der Waals surface area contributed by atoms with Crippen LogP contribution in [0.4, 0.5) is 0 Å². The van der Waals surface area contributed by atoms with Gasteiger partial charge in [0, 0.05) is 36.6 Å². The molecule has 1 atom stereocenters. The lowest BCUT2D eigenvalue weighted by Crippen LogP contribution is -2.49. The Hall–Kier alpha value is -3.98. The molecule has 3 heterocycles. The predicted octanol–water partition coefficient (Wildman–Crippen LogP) is 4.02. The number of fused-ring (bicyclic) bond motifs is 1. The molecule has 1 aliphatic heterocycles. The van der Waals surface area contributed by atoms with Crippen molar-refractivity contribution in [1.82, 2.24) is 24.6 Å². The van der Waals surface area contributed by atoms with Gasteiger partial charge < -0.3 is 10.0 Å². The SMILES string of the molecule is CCc1ccc(-n2c(SCC(=O)N3Cc4ccccc4C[C@H]3C(=O)O)nnc2-c2ccncc2)cc1. The average Bonchev–Trinajstić information content (AvgIpc) is 3.35. The maximum absolute atomic E-state index is 13.3. The maximum atomic E-state index is 13.3. The molecule has 0 radical (unpaired) electrons. The van der Waals surface area contributed by atoms with Crippen molar-refractivity contribution in [3.8, 4) is 17.1 Å². The first kappa shape index (κ1) is 23.7. The summed E-state index contributed by atoms with van der Waals surface area (Å²) in [5.41, 5.74) is 4.90. The standard InChI is InChI=1S/C27H25N5O3S/c1-2-18-7-9-22(10-8-18)32-25(19-11-13-28-14-12-19)29-30-27(32)36-17-24(33)31-16-21-6-4-3-5-20(21)15-23(31)26(34)35/h3-14,23H,2,15-17H2,1H3,(H,34,35)/t23-/m0/s1. The van der Waals surface area contributed by atoms with Crippen molar-refractivity contribution in [2.24, 2.45) is 0 Å². The molecular formula is C27H25N5O3S. The van der Waals surface area contributed by atoms with Crippen LogP contribution in [0.15, 0.2) is 78.2 Å². The van der Waals surface area contributed by atoms with Crippen LogP contribution in [0.3, 0.4) is 0 Å². The Labute approximate surface area is 213 Å². The van der Waals surface area contributed by atoms with Gasteiger partial charge in [0.2, 0.25) is 5.91 Å². The van der Waals surface area contributed by atoms with E-state index in [2.05, 4.69) is 34.2 Å². The molecule has 0 aliphatic carbocycles. The third-order valence-electron chi connectivity index (χ3n) is 6.35. The van der Waals surface area contributed by atoms with Gasteiger partial charge in [-0.25, -0.2) is 4.79 Å². The summed E-state index contributed by atoms with van der Waals surface area (Å²) in [7, 11) is 0. The second-order valence-corrected chi connectivity index (χ2v) is 9.48. The lowest BCUT2D eigenvalue weighted by molar-refractivity contribution is -0.150. The third-order valence-corrected chi connectivity index (χ3v) is 7.27. The molecule has 9 heteroatoms. The summed E-state index contributed by atoms with van der Waals surface area (Å²) >= 11 is 1.25. The Bertz CT molecular complexity index is 1390. The van der Waals surface area contributed by atoms with E-state index in [-0.39, 0.29) is 18.2 Å². The van der Waals surface area contributed by atoms with Crippen molar-refractivity contribution < 1.29 is 14.7 Å². The highest BCUT2D eigenvalue weighted by molar-refractivity contribution is 7.99. The fourth-order valence-electron chi connectivity index (χ4n) is 4.38. The maximum Gasteiger partial charge on any atom is 0.326 e. The highest BCUT2D eigenvalue weighted by Crippen LogP contribution is 2.30. The summed E-state index contributed by atoms with van der Waals surface area (Å²) < 4.78 is 1.92. The van der Waals surface area contributed by atoms with E-state index in [1.807, 2.05) is 53.1 Å². The van der Waals surface area contributed by atoms with Crippen molar-refractivity contribution in [2.45, 2.75) is 37.5 Å². The van der Waals surface area contributed by atoms with Crippen LogP contribution >= 0.6 is 11.8 Å². The van der Waals surface area contributed by atoms with Crippen LogP contribution in [0.1, 0.15) is 23.6 Å². The van der Waals surface area contributed by atoms with E-state index in [1.165, 1.54) is 22.2 Å². The van der Waals surface area contributed by atoms with Crippen LogP contribution in [0, 0.1) is 0 Å². The normalized spacial score (nSPS) is 14.9. The molecule has 4 aromatic rings. The topological polar surface area (TPSA) is 101 Å². The number of hydrogen-bond donors (Lipinski definition) is 1. The molecule has 0 bridgehead atoms. The fourth-order valence-corrected chi connectivity index (χ4v) is 5.22. The highest BCUT2D eigenvalue weighted by Gasteiger charge is 2.34. The minimum Gasteiger partial charge on any atom is -0.480 e. The van der Waals surface area contributed by atoms with E-state index < -0.39 is 12.0 Å². The van der Waals surface area contributed by atoms with Crippen LogP contribution in [0.25, 0.3) is 17.1 Å². The molecular weight excluding hydrogens is 474 g/mol. The number of nitrogens with zero attached hydrogens (tertiary/aromatic N) is 5. The van der Waals surface area contributed by atoms with Crippen LogP contribution in [-0.4, -0.2) is 53.4 Å². The van der Waals surface area contributed by atoms with E-state index in [1.54, 1.807) is 12.4 Å². The second kappa shape index (κ2) is 10.3. The summed E-state index contributed by atoms with van der Waals surface area (Å²) in [6, 6.07) is 18.7. The zero-order valence-corrected chi connectivity index (χ0v) is 20.6. The number of carbonyl (C=O) groups is 2. The van der Waals surface area contributed by atoms with E-state index in [9.17, 15) is 14.7 Å². The van der Waals surface area contributed by atoms with Gasteiger partial charge in [-0.05, 0) is 47.4 Å². The summed E-state index contributed by atoms with van der Waals surface area (Å²) in [6.07, 6.45) is 4.63. The average molecular weight is 500 g/mol. The number of aromatic nitrogens is 4. The van der Waals surface area contributed by atoms with Gasteiger partial charge in [0.1, 0.15) is 6.04 Å². The quantitative estimate of drug-likeness (QED) is 0.383. The van der Waals surface area contributed by atoms with E-state index in [0.717, 1.165) is 28.8 Å². The molecule has 0 unspecified atom stereocenters. The van der Waals surface area contributed by atoms with E-state index in [0.29, 0.717) is 17.4 Å². The minimum atomic E-state index is -0.998. The van der Waals surface area contributed by atoms with Gasteiger partial charge in [0.25, 0.3) is 0 Å². The number of carbonyl (C=O) groups excluding carboxylic acids is 1. The van der Waals surface area contributed by atoms with Crippen molar-refractivity contribution in [3.63, 3.8) is 0 Å². The number of benzene rings is 2. The van der Waals surface area contributed by atoms with Crippen LogP contribution < -0.4 is 0 Å². The summed E-state index contributed by atoms with van der Waals surface area (Å²) in [5.74, 6) is -0.551. The van der Waals surface area contributed by atoms with Gasteiger partial charge in [0.15, 0.2) is 11.0 Å². The molecule has 2 aromatic heterocycles. The van der Waals surface area contributed by atoms with Crippen molar-refractivity contribution >= 4 is 23.6 Å². The Morgan fingerprint density at radius 3 is 2.42 bits per heavy atom. The number of aliphatic carboxylic acids is 1. The number of rotatable bonds is 7. The monoisotopic (exact) mass is 499 g/mol. The molecule has 0 saturated heterocycles. The second-order valence-electron chi connectivity index (χ2n) is 8.53. The van der Waals surface area contributed by atoms with Crippen molar-refractivity contribution in [2.75, 3.05) is 5.75 Å². The first-order chi connectivity index (χ1) is 17.5. The van der Waals surface area contributed by atoms with E-state index in [4.69, 9.17) is 0 Å². The highest BCUT2D eigenvalue weighted by atomic mass is 32.2. The molecule has 8 nitrogen and oxygen atoms in total. The molecule has 36 heavy (non-hydrogen) atoms. The first-order valence-electron chi connectivity index (χ1n) is 11.7. The molecule has 5 rings (SSSR count). The zero-order valence-electron chi connectivity index (χ0n) is 19.7. The third kappa shape index (κ3) is 4.74. The number of amides is 1. The van der Waals surface area contributed by atoms with Crippen molar-refractivity contribution in [1.29, 1.82) is 0 Å². The lowest BCUT2D eigenvalue weighted by atomic mass is 9.94. The minimum absolute atomic E-state index is 0.0491. The Morgan fingerprint density at radius 1 is 1.00 bits per heavy atom. The van der Waals surface area contributed by atoms with Gasteiger partial charge in [-0.3, -0.25) is 14.3 Å². The number of thioether (sulfide) groups is 1. The lowest BCUT2D eigenvalue weighted by Gasteiger charge is -2.34. The molecule has 2 aromatic carbocycles. The molecule has 0 fully saturated rings. The van der Waals surface area contributed by atoms with Crippen LogP contribution in [0.5, 0.6) is 0 Å². The number of carboxylic acid groups (broad SMARTS) is 1. The molecule has 1 N–H and O–H groups in total. The number of hydrogen-bond acceptors (Lipinski definition) is 6. The van der Waals surface area contributed by atoms with Crippen LogP contribution in [-0.2, 0) is 29.0 Å². The predicted molar refractivity (Wildman–Crippen MR) is 137 cm³/mol. The molecule has 182 valence electrons.